The second-order valence-electron chi connectivity index (χ2n) is 6.84. The number of pyridine rings is 1. The highest BCUT2D eigenvalue weighted by Gasteiger charge is 2.21. The summed E-state index contributed by atoms with van der Waals surface area (Å²) in [4.78, 5) is 21.2. The summed E-state index contributed by atoms with van der Waals surface area (Å²) in [5.74, 6) is 1.77. The van der Waals surface area contributed by atoms with Crippen LogP contribution in [-0.2, 0) is 11.3 Å². The summed E-state index contributed by atoms with van der Waals surface area (Å²) in [6, 6.07) is 0. The molecule has 0 bridgehead atoms. The van der Waals surface area contributed by atoms with Gasteiger partial charge in [0.1, 0.15) is 11.3 Å². The minimum atomic E-state index is 0.197. The van der Waals surface area contributed by atoms with Gasteiger partial charge >= 0.3 is 0 Å². The Balaban J connectivity index is 1.73. The molecule has 1 saturated carbocycles. The van der Waals surface area contributed by atoms with Gasteiger partial charge in [-0.2, -0.15) is 0 Å². The van der Waals surface area contributed by atoms with E-state index in [1.165, 1.54) is 19.3 Å². The van der Waals surface area contributed by atoms with Crippen molar-refractivity contribution in [2.24, 2.45) is 5.92 Å². The molecular formula is C18H27N5O. The number of hydrogen-bond donors (Lipinski definition) is 2. The number of nitrogens with one attached hydrogen (secondary N) is 1. The van der Waals surface area contributed by atoms with E-state index in [-0.39, 0.29) is 11.8 Å². The second-order valence-corrected chi connectivity index (χ2v) is 6.84. The normalized spacial score (nSPS) is 15.8. The van der Waals surface area contributed by atoms with Crippen LogP contribution in [0.3, 0.4) is 0 Å². The third-order valence-electron chi connectivity index (χ3n) is 5.20. The van der Waals surface area contributed by atoms with Crippen molar-refractivity contribution in [1.82, 2.24) is 19.9 Å². The van der Waals surface area contributed by atoms with Crippen molar-refractivity contribution in [3.05, 3.63) is 17.1 Å². The highest BCUT2D eigenvalue weighted by molar-refractivity contribution is 5.88. The number of anilines is 1. The summed E-state index contributed by atoms with van der Waals surface area (Å²) in [6.07, 6.45) is 5.67. The van der Waals surface area contributed by atoms with E-state index in [9.17, 15) is 4.79 Å². The number of nitrogen functional groups attached to an aromatic ring is 1. The van der Waals surface area contributed by atoms with Crippen LogP contribution in [0.15, 0.2) is 0 Å². The van der Waals surface area contributed by atoms with Gasteiger partial charge in [-0.15, -0.1) is 0 Å². The van der Waals surface area contributed by atoms with Crippen molar-refractivity contribution in [3.8, 4) is 0 Å². The lowest BCUT2D eigenvalue weighted by Gasteiger charge is -2.21. The first kappa shape index (κ1) is 16.7. The zero-order valence-corrected chi connectivity index (χ0v) is 14.9. The number of amides is 1. The van der Waals surface area contributed by atoms with Gasteiger partial charge in [0.25, 0.3) is 0 Å². The van der Waals surface area contributed by atoms with E-state index < -0.39 is 0 Å². The van der Waals surface area contributed by atoms with E-state index in [0.717, 1.165) is 41.0 Å². The van der Waals surface area contributed by atoms with Crippen molar-refractivity contribution in [1.29, 1.82) is 0 Å². The molecule has 0 saturated heterocycles. The Bertz CT molecular complexity index is 759. The lowest BCUT2D eigenvalue weighted by molar-refractivity contribution is -0.125. The Kier molecular flexibility index (Phi) is 4.73. The van der Waals surface area contributed by atoms with Crippen molar-refractivity contribution in [3.63, 3.8) is 0 Å². The number of carbonyl (C=O) groups excluding carboxylic acids is 1. The monoisotopic (exact) mass is 329 g/mol. The lowest BCUT2D eigenvalue weighted by Crippen LogP contribution is -2.34. The predicted octanol–water partition coefficient (Wildman–Crippen LogP) is 2.64. The molecule has 0 spiro atoms. The first-order chi connectivity index (χ1) is 11.5. The van der Waals surface area contributed by atoms with Crippen molar-refractivity contribution >= 4 is 22.8 Å². The van der Waals surface area contributed by atoms with Gasteiger partial charge in [0.2, 0.25) is 5.91 Å². The predicted molar refractivity (Wildman–Crippen MR) is 95.7 cm³/mol. The molecule has 1 aliphatic rings. The van der Waals surface area contributed by atoms with Crippen molar-refractivity contribution < 1.29 is 4.79 Å². The van der Waals surface area contributed by atoms with E-state index in [1.807, 2.05) is 20.8 Å². The van der Waals surface area contributed by atoms with Crippen LogP contribution >= 0.6 is 0 Å². The average molecular weight is 329 g/mol. The third-order valence-corrected chi connectivity index (χ3v) is 5.20. The maximum Gasteiger partial charge on any atom is 0.223 e. The van der Waals surface area contributed by atoms with Gasteiger partial charge in [-0.05, 0) is 39.2 Å². The molecule has 2 aromatic heterocycles. The molecule has 0 aromatic carbocycles. The van der Waals surface area contributed by atoms with Crippen LogP contribution in [0, 0.1) is 26.7 Å². The fourth-order valence-corrected chi connectivity index (χ4v) is 3.69. The Morgan fingerprint density at radius 1 is 1.21 bits per heavy atom. The summed E-state index contributed by atoms with van der Waals surface area (Å²) < 4.78 is 2.14. The van der Waals surface area contributed by atoms with Crippen LogP contribution in [0.1, 0.15) is 49.2 Å². The van der Waals surface area contributed by atoms with Gasteiger partial charge in [-0.25, -0.2) is 9.97 Å². The quantitative estimate of drug-likeness (QED) is 0.903. The molecule has 6 heteroatoms. The van der Waals surface area contributed by atoms with E-state index in [2.05, 4.69) is 19.9 Å². The molecule has 2 aromatic rings. The Hall–Kier alpha value is -2.11. The average Bonchev–Trinajstić information content (AvgIpc) is 2.91. The van der Waals surface area contributed by atoms with E-state index >= 15 is 0 Å². The number of carbonyl (C=O) groups is 1. The number of aryl methyl sites for hydroxylation is 3. The fraction of sp³-hybridized carbons (Fsp3) is 0.611. The first-order valence-corrected chi connectivity index (χ1v) is 8.86. The molecule has 2 heterocycles. The van der Waals surface area contributed by atoms with Crippen LogP contribution in [0.5, 0.6) is 0 Å². The van der Waals surface area contributed by atoms with Crippen LogP contribution in [-0.4, -0.2) is 27.0 Å². The molecule has 1 amide bonds. The summed E-state index contributed by atoms with van der Waals surface area (Å²) in [7, 11) is 0. The van der Waals surface area contributed by atoms with Crippen LogP contribution in [0.2, 0.25) is 0 Å². The molecule has 1 fully saturated rings. The van der Waals surface area contributed by atoms with E-state index in [0.29, 0.717) is 18.9 Å². The summed E-state index contributed by atoms with van der Waals surface area (Å²) in [6.45, 7) is 7.29. The zero-order chi connectivity index (χ0) is 17.3. The Morgan fingerprint density at radius 3 is 2.62 bits per heavy atom. The standard InChI is InChI=1S/C18H27N5O/c1-11-12(2)21-17(19)15-16(11)23(13(3)22-15)10-9-20-18(24)14-7-5-4-6-8-14/h14H,4-10H2,1-3H3,(H2,19,21)(H,20,24). The molecule has 0 radical (unpaired) electrons. The van der Waals surface area contributed by atoms with Crippen LogP contribution < -0.4 is 11.1 Å². The van der Waals surface area contributed by atoms with E-state index in [1.54, 1.807) is 0 Å². The highest BCUT2D eigenvalue weighted by atomic mass is 16.1. The SMILES string of the molecule is Cc1nc(N)c2nc(C)n(CCNC(=O)C3CCCCC3)c2c1C. The fourth-order valence-electron chi connectivity index (χ4n) is 3.69. The number of nitrogens with zero attached hydrogens (tertiary/aromatic N) is 3. The topological polar surface area (TPSA) is 85.8 Å². The summed E-state index contributed by atoms with van der Waals surface area (Å²) >= 11 is 0. The van der Waals surface area contributed by atoms with Gasteiger partial charge in [0.15, 0.2) is 5.82 Å². The number of hydrogen-bond acceptors (Lipinski definition) is 4. The maximum atomic E-state index is 12.3. The van der Waals surface area contributed by atoms with Gasteiger partial charge in [0, 0.05) is 24.7 Å². The van der Waals surface area contributed by atoms with Gasteiger partial charge in [-0.1, -0.05) is 19.3 Å². The Labute approximate surface area is 142 Å². The minimum absolute atomic E-state index is 0.197. The van der Waals surface area contributed by atoms with Crippen LogP contribution in [0.25, 0.3) is 11.0 Å². The number of rotatable bonds is 4. The van der Waals surface area contributed by atoms with Gasteiger partial charge in [0.05, 0.1) is 5.52 Å². The molecule has 0 aliphatic heterocycles. The molecule has 6 nitrogen and oxygen atoms in total. The number of imidazole rings is 1. The number of aromatic nitrogens is 3. The highest BCUT2D eigenvalue weighted by Crippen LogP contribution is 2.26. The molecule has 24 heavy (non-hydrogen) atoms. The number of nitrogens with two attached hydrogens (primary N) is 1. The number of fused-ring (bicyclic) bond motifs is 1. The molecule has 0 unspecified atom stereocenters. The molecule has 3 N–H and O–H groups in total. The first-order valence-electron chi connectivity index (χ1n) is 8.86. The van der Waals surface area contributed by atoms with E-state index in [4.69, 9.17) is 5.73 Å². The summed E-state index contributed by atoms with van der Waals surface area (Å²) in [5.41, 5.74) is 9.84. The lowest BCUT2D eigenvalue weighted by atomic mass is 9.89. The smallest absolute Gasteiger partial charge is 0.223 e. The third kappa shape index (κ3) is 3.09. The van der Waals surface area contributed by atoms with Crippen molar-refractivity contribution in [2.75, 3.05) is 12.3 Å². The summed E-state index contributed by atoms with van der Waals surface area (Å²) in [5, 5.41) is 3.10. The molecular weight excluding hydrogens is 302 g/mol. The van der Waals surface area contributed by atoms with Gasteiger partial charge in [-0.3, -0.25) is 4.79 Å². The second kappa shape index (κ2) is 6.79. The van der Waals surface area contributed by atoms with Crippen molar-refractivity contribution in [2.45, 2.75) is 59.4 Å². The minimum Gasteiger partial charge on any atom is -0.382 e. The largest absolute Gasteiger partial charge is 0.382 e. The molecule has 0 atom stereocenters. The molecule has 3 rings (SSSR count). The Morgan fingerprint density at radius 2 is 1.92 bits per heavy atom. The van der Waals surface area contributed by atoms with Crippen LogP contribution in [0.4, 0.5) is 5.82 Å². The van der Waals surface area contributed by atoms with Gasteiger partial charge < -0.3 is 15.6 Å². The maximum absolute atomic E-state index is 12.3. The molecule has 1 aliphatic carbocycles. The zero-order valence-electron chi connectivity index (χ0n) is 14.9. The molecule has 130 valence electrons.